The lowest BCUT2D eigenvalue weighted by Gasteiger charge is -2.21. The lowest BCUT2D eigenvalue weighted by molar-refractivity contribution is -0.120. The number of aromatic nitrogens is 2. The molecule has 2 N–H and O–H groups in total. The standard InChI is InChI=1S/C23H22ClN5O3S/c24-17-5-3-16(4-6-17)22(32)29(19-7-8-19)13-21(31)28-23-27-18(14-33-23)10-20(30)26-12-15-2-1-9-25-11-15/h1-6,9,11,14,19H,7-8,10,12-13H2,(H,26,30)(H,27,28,31). The second-order valence-electron chi connectivity index (χ2n) is 7.68. The number of halogens is 1. The highest BCUT2D eigenvalue weighted by molar-refractivity contribution is 7.13. The van der Waals surface area contributed by atoms with Gasteiger partial charge in [-0.2, -0.15) is 0 Å². The first-order chi connectivity index (χ1) is 16.0. The van der Waals surface area contributed by atoms with Crippen molar-refractivity contribution in [3.05, 3.63) is 76.0 Å². The van der Waals surface area contributed by atoms with E-state index in [1.807, 2.05) is 12.1 Å². The molecule has 170 valence electrons. The number of anilines is 1. The second-order valence-corrected chi connectivity index (χ2v) is 8.97. The molecule has 1 aromatic carbocycles. The van der Waals surface area contributed by atoms with Gasteiger partial charge in [-0.05, 0) is 48.7 Å². The maximum absolute atomic E-state index is 12.9. The summed E-state index contributed by atoms with van der Waals surface area (Å²) >= 11 is 7.14. The molecule has 10 heteroatoms. The van der Waals surface area contributed by atoms with Gasteiger partial charge >= 0.3 is 0 Å². The zero-order chi connectivity index (χ0) is 23.2. The molecular formula is C23H22ClN5O3S. The minimum Gasteiger partial charge on any atom is -0.352 e. The molecule has 8 nitrogen and oxygen atoms in total. The zero-order valence-corrected chi connectivity index (χ0v) is 19.2. The molecule has 1 fully saturated rings. The van der Waals surface area contributed by atoms with Crippen molar-refractivity contribution in [1.29, 1.82) is 0 Å². The molecule has 4 rings (SSSR count). The van der Waals surface area contributed by atoms with E-state index in [1.54, 1.807) is 46.9 Å². The number of pyridine rings is 1. The molecule has 3 aromatic rings. The fourth-order valence-corrected chi connectivity index (χ4v) is 4.05. The Balaban J connectivity index is 1.29. The number of carbonyl (C=O) groups is 3. The molecule has 33 heavy (non-hydrogen) atoms. The third-order valence-electron chi connectivity index (χ3n) is 5.01. The molecule has 0 spiro atoms. The van der Waals surface area contributed by atoms with Gasteiger partial charge in [-0.1, -0.05) is 17.7 Å². The molecule has 0 radical (unpaired) electrons. The molecule has 0 atom stereocenters. The number of nitrogens with zero attached hydrogens (tertiary/aromatic N) is 3. The van der Waals surface area contributed by atoms with Gasteiger partial charge in [-0.15, -0.1) is 11.3 Å². The van der Waals surface area contributed by atoms with Crippen molar-refractivity contribution in [3.8, 4) is 0 Å². The number of carbonyl (C=O) groups excluding carboxylic acids is 3. The van der Waals surface area contributed by atoms with Crippen molar-refractivity contribution in [2.75, 3.05) is 11.9 Å². The van der Waals surface area contributed by atoms with Crippen LogP contribution in [-0.2, 0) is 22.6 Å². The third kappa shape index (κ3) is 6.59. The lowest BCUT2D eigenvalue weighted by atomic mass is 10.2. The average Bonchev–Trinajstić information content (AvgIpc) is 3.57. The van der Waals surface area contributed by atoms with E-state index >= 15 is 0 Å². The van der Waals surface area contributed by atoms with Crippen LogP contribution in [-0.4, -0.2) is 45.2 Å². The van der Waals surface area contributed by atoms with Gasteiger partial charge in [0.25, 0.3) is 5.91 Å². The summed E-state index contributed by atoms with van der Waals surface area (Å²) < 4.78 is 0. The average molecular weight is 484 g/mol. The van der Waals surface area contributed by atoms with E-state index in [0.29, 0.717) is 28.0 Å². The Morgan fingerprint density at radius 1 is 1.12 bits per heavy atom. The topological polar surface area (TPSA) is 104 Å². The number of amides is 3. The van der Waals surface area contributed by atoms with Gasteiger partial charge in [0.15, 0.2) is 5.13 Å². The van der Waals surface area contributed by atoms with Gasteiger partial charge in [0, 0.05) is 40.9 Å². The number of thiazole rings is 1. The van der Waals surface area contributed by atoms with Crippen molar-refractivity contribution >= 4 is 45.8 Å². The quantitative estimate of drug-likeness (QED) is 0.486. The number of rotatable bonds is 9. The van der Waals surface area contributed by atoms with Crippen LogP contribution in [0.5, 0.6) is 0 Å². The number of hydrogen-bond acceptors (Lipinski definition) is 6. The van der Waals surface area contributed by atoms with Gasteiger partial charge in [-0.3, -0.25) is 19.4 Å². The van der Waals surface area contributed by atoms with Crippen molar-refractivity contribution in [1.82, 2.24) is 20.2 Å². The van der Waals surface area contributed by atoms with Crippen LogP contribution in [0.3, 0.4) is 0 Å². The highest BCUT2D eigenvalue weighted by Gasteiger charge is 2.34. The molecule has 1 aliphatic carbocycles. The molecule has 0 aliphatic heterocycles. The van der Waals surface area contributed by atoms with E-state index in [0.717, 1.165) is 18.4 Å². The summed E-state index contributed by atoms with van der Waals surface area (Å²) in [5.74, 6) is -0.698. The summed E-state index contributed by atoms with van der Waals surface area (Å²) in [5, 5.41) is 8.23. The molecule has 1 saturated carbocycles. The number of nitrogens with one attached hydrogen (secondary N) is 2. The predicted molar refractivity (Wildman–Crippen MR) is 126 cm³/mol. The Labute approximate surface area is 200 Å². The van der Waals surface area contributed by atoms with E-state index in [2.05, 4.69) is 20.6 Å². The molecule has 2 aromatic heterocycles. The van der Waals surface area contributed by atoms with Gasteiger partial charge in [0.05, 0.1) is 12.1 Å². The molecular weight excluding hydrogens is 462 g/mol. The number of hydrogen-bond donors (Lipinski definition) is 2. The van der Waals surface area contributed by atoms with Crippen molar-refractivity contribution in [2.24, 2.45) is 0 Å². The Morgan fingerprint density at radius 3 is 2.61 bits per heavy atom. The minimum atomic E-state index is -0.328. The summed E-state index contributed by atoms with van der Waals surface area (Å²) in [4.78, 5) is 47.5. The molecule has 2 heterocycles. The minimum absolute atomic E-state index is 0.0629. The SMILES string of the molecule is O=C(Cc1csc(NC(=O)CN(C(=O)c2ccc(Cl)cc2)C2CC2)n1)NCc1cccnc1. The van der Waals surface area contributed by atoms with Crippen LogP contribution < -0.4 is 10.6 Å². The van der Waals surface area contributed by atoms with Gasteiger partial charge in [-0.25, -0.2) is 4.98 Å². The summed E-state index contributed by atoms with van der Waals surface area (Å²) in [7, 11) is 0. The molecule has 0 bridgehead atoms. The van der Waals surface area contributed by atoms with E-state index in [-0.39, 0.29) is 36.7 Å². The van der Waals surface area contributed by atoms with Crippen LogP contribution in [0.1, 0.15) is 34.5 Å². The van der Waals surface area contributed by atoms with Crippen LogP contribution in [0.25, 0.3) is 0 Å². The summed E-state index contributed by atoms with van der Waals surface area (Å²) in [6.45, 7) is 0.325. The van der Waals surface area contributed by atoms with E-state index in [1.165, 1.54) is 11.3 Å². The van der Waals surface area contributed by atoms with Crippen LogP contribution in [0.2, 0.25) is 5.02 Å². The fourth-order valence-electron chi connectivity index (χ4n) is 3.20. The Bertz CT molecular complexity index is 1130. The van der Waals surface area contributed by atoms with Gasteiger partial charge in [0.2, 0.25) is 11.8 Å². The van der Waals surface area contributed by atoms with Gasteiger partial charge in [0.1, 0.15) is 6.54 Å². The summed E-state index contributed by atoms with van der Waals surface area (Å²) in [5.41, 5.74) is 1.97. The molecule has 0 saturated heterocycles. The maximum Gasteiger partial charge on any atom is 0.254 e. The van der Waals surface area contributed by atoms with Crippen molar-refractivity contribution < 1.29 is 14.4 Å². The predicted octanol–water partition coefficient (Wildman–Crippen LogP) is 3.29. The summed E-state index contributed by atoms with van der Waals surface area (Å²) in [6, 6.07) is 10.4. The van der Waals surface area contributed by atoms with Crippen LogP contribution >= 0.6 is 22.9 Å². The number of benzene rings is 1. The van der Waals surface area contributed by atoms with Crippen LogP contribution in [0, 0.1) is 0 Å². The smallest absolute Gasteiger partial charge is 0.254 e. The first kappa shape index (κ1) is 22.9. The normalized spacial score (nSPS) is 12.8. The monoisotopic (exact) mass is 483 g/mol. The molecule has 3 amide bonds. The van der Waals surface area contributed by atoms with Crippen molar-refractivity contribution in [2.45, 2.75) is 31.8 Å². The Hall–Kier alpha value is -3.30. The zero-order valence-electron chi connectivity index (χ0n) is 17.7. The maximum atomic E-state index is 12.9. The highest BCUT2D eigenvalue weighted by atomic mass is 35.5. The third-order valence-corrected chi connectivity index (χ3v) is 6.06. The van der Waals surface area contributed by atoms with Crippen LogP contribution in [0.4, 0.5) is 5.13 Å². The Morgan fingerprint density at radius 2 is 1.91 bits per heavy atom. The van der Waals surface area contributed by atoms with Crippen molar-refractivity contribution in [3.63, 3.8) is 0 Å². The van der Waals surface area contributed by atoms with Crippen LogP contribution in [0.15, 0.2) is 54.2 Å². The lowest BCUT2D eigenvalue weighted by Crippen LogP contribution is -2.39. The fraction of sp³-hybridized carbons (Fsp3) is 0.261. The summed E-state index contributed by atoms with van der Waals surface area (Å²) in [6.07, 6.45) is 5.23. The van der Waals surface area contributed by atoms with E-state index < -0.39 is 0 Å². The van der Waals surface area contributed by atoms with E-state index in [9.17, 15) is 14.4 Å². The second kappa shape index (κ2) is 10.5. The Kier molecular flexibility index (Phi) is 7.31. The molecule has 1 aliphatic rings. The van der Waals surface area contributed by atoms with Gasteiger partial charge < -0.3 is 15.5 Å². The first-order valence-electron chi connectivity index (χ1n) is 10.4. The molecule has 0 unspecified atom stereocenters. The largest absolute Gasteiger partial charge is 0.352 e. The van der Waals surface area contributed by atoms with E-state index in [4.69, 9.17) is 11.6 Å². The first-order valence-corrected chi connectivity index (χ1v) is 11.7. The highest BCUT2D eigenvalue weighted by Crippen LogP contribution is 2.28.